The lowest BCUT2D eigenvalue weighted by Gasteiger charge is -2.27. The molecule has 0 spiro atoms. The van der Waals surface area contributed by atoms with Gasteiger partial charge in [0.25, 0.3) is 0 Å². The molecule has 1 rings (SSSR count). The van der Waals surface area contributed by atoms with Gasteiger partial charge in [-0.15, -0.1) is 0 Å². The molecule has 0 aliphatic carbocycles. The molecule has 0 bridgehead atoms. The van der Waals surface area contributed by atoms with Crippen molar-refractivity contribution >= 4 is 0 Å². The maximum absolute atomic E-state index is 5.71. The van der Waals surface area contributed by atoms with Crippen LogP contribution in [0.25, 0.3) is 0 Å². The maximum atomic E-state index is 5.71. The summed E-state index contributed by atoms with van der Waals surface area (Å²) in [5.74, 6) is 1.30. The van der Waals surface area contributed by atoms with E-state index >= 15 is 0 Å². The number of nitrogens with zero attached hydrogens (tertiary/aromatic N) is 2. The lowest BCUT2D eigenvalue weighted by molar-refractivity contribution is -0.0203. The number of ether oxygens (including phenoxy) is 1. The first-order valence-electron chi connectivity index (χ1n) is 6.07. The Balaban J connectivity index is 2.77. The summed E-state index contributed by atoms with van der Waals surface area (Å²) in [7, 11) is 1.90. The Labute approximate surface area is 103 Å². The number of hydrogen-bond donors (Lipinski definition) is 1. The van der Waals surface area contributed by atoms with Crippen LogP contribution >= 0.6 is 0 Å². The molecule has 0 radical (unpaired) electrons. The van der Waals surface area contributed by atoms with Crippen LogP contribution in [0, 0.1) is 5.41 Å². The third-order valence-corrected chi connectivity index (χ3v) is 2.43. The zero-order valence-electron chi connectivity index (χ0n) is 11.4. The molecule has 0 amide bonds. The fourth-order valence-corrected chi connectivity index (χ4v) is 1.59. The number of hydrogen-bond acceptors (Lipinski definition) is 5. The number of nitrogens with one attached hydrogen (secondary N) is 1. The first-order valence-corrected chi connectivity index (χ1v) is 6.07. The van der Waals surface area contributed by atoms with Crippen LogP contribution in [0.3, 0.4) is 0 Å². The van der Waals surface area contributed by atoms with Gasteiger partial charge >= 0.3 is 0 Å². The van der Waals surface area contributed by atoms with Crippen LogP contribution in [0.4, 0.5) is 0 Å². The summed E-state index contributed by atoms with van der Waals surface area (Å²) >= 11 is 0. The molecule has 0 saturated carbocycles. The van der Waals surface area contributed by atoms with E-state index in [1.54, 1.807) is 0 Å². The van der Waals surface area contributed by atoms with Crippen molar-refractivity contribution in [2.24, 2.45) is 5.41 Å². The van der Waals surface area contributed by atoms with E-state index < -0.39 is 0 Å². The second-order valence-corrected chi connectivity index (χ2v) is 5.10. The van der Waals surface area contributed by atoms with Crippen molar-refractivity contribution in [1.82, 2.24) is 15.5 Å². The van der Waals surface area contributed by atoms with E-state index in [1.807, 2.05) is 14.0 Å². The lowest BCUT2D eigenvalue weighted by Crippen LogP contribution is -2.22. The van der Waals surface area contributed by atoms with E-state index in [0.717, 1.165) is 13.0 Å². The molecule has 1 N–H and O–H groups in total. The van der Waals surface area contributed by atoms with E-state index in [1.165, 1.54) is 0 Å². The highest BCUT2D eigenvalue weighted by atomic mass is 16.5. The smallest absolute Gasteiger partial charge is 0.228 e. The molecule has 1 aromatic rings. The molecule has 0 aliphatic rings. The highest BCUT2D eigenvalue weighted by molar-refractivity contribution is 4.96. The summed E-state index contributed by atoms with van der Waals surface area (Å²) in [6, 6.07) is 0. The van der Waals surface area contributed by atoms with Gasteiger partial charge in [0.2, 0.25) is 11.7 Å². The zero-order valence-corrected chi connectivity index (χ0v) is 11.4. The Morgan fingerprint density at radius 1 is 1.41 bits per heavy atom. The van der Waals surface area contributed by atoms with Gasteiger partial charge in [-0.1, -0.05) is 25.9 Å². The first-order chi connectivity index (χ1) is 7.99. The third kappa shape index (κ3) is 4.09. The minimum absolute atomic E-state index is 0.0415. The van der Waals surface area contributed by atoms with Gasteiger partial charge in [0.05, 0.1) is 0 Å². The lowest BCUT2D eigenvalue weighted by atomic mass is 9.88. The first kappa shape index (κ1) is 14.1. The molecule has 0 aromatic carbocycles. The minimum atomic E-state index is -0.125. The topological polar surface area (TPSA) is 60.2 Å². The van der Waals surface area contributed by atoms with Gasteiger partial charge in [0, 0.05) is 19.6 Å². The van der Waals surface area contributed by atoms with Gasteiger partial charge < -0.3 is 14.6 Å². The van der Waals surface area contributed by atoms with Crippen LogP contribution in [0.5, 0.6) is 0 Å². The molecule has 1 unspecified atom stereocenters. The van der Waals surface area contributed by atoms with Crippen LogP contribution < -0.4 is 5.32 Å². The fourth-order valence-electron chi connectivity index (χ4n) is 1.59. The highest BCUT2D eigenvalue weighted by Crippen LogP contribution is 2.34. The predicted molar refractivity (Wildman–Crippen MR) is 65.8 cm³/mol. The van der Waals surface area contributed by atoms with Gasteiger partial charge in [0.1, 0.15) is 6.10 Å². The van der Waals surface area contributed by atoms with Gasteiger partial charge in [-0.3, -0.25) is 0 Å². The van der Waals surface area contributed by atoms with Crippen LogP contribution in [0.15, 0.2) is 4.52 Å². The second-order valence-electron chi connectivity index (χ2n) is 5.10. The van der Waals surface area contributed by atoms with Crippen molar-refractivity contribution in [3.05, 3.63) is 11.7 Å². The number of aromatic nitrogens is 2. The van der Waals surface area contributed by atoms with Crippen LogP contribution in [-0.4, -0.2) is 30.3 Å². The van der Waals surface area contributed by atoms with Gasteiger partial charge in [-0.2, -0.15) is 4.98 Å². The molecule has 5 nitrogen and oxygen atoms in total. The standard InChI is InChI=1S/C12H23N3O2/c1-6-16-10(12(2,3)4)11-14-9(17-15-11)7-8-13-5/h10,13H,6-8H2,1-5H3. The van der Waals surface area contributed by atoms with E-state index in [2.05, 4.69) is 36.2 Å². The van der Waals surface area contributed by atoms with E-state index in [0.29, 0.717) is 18.3 Å². The molecule has 0 saturated heterocycles. The largest absolute Gasteiger partial charge is 0.370 e. The van der Waals surface area contributed by atoms with Crippen LogP contribution in [-0.2, 0) is 11.2 Å². The Hall–Kier alpha value is -0.940. The van der Waals surface area contributed by atoms with Crippen molar-refractivity contribution in [3.8, 4) is 0 Å². The Morgan fingerprint density at radius 2 is 2.12 bits per heavy atom. The maximum Gasteiger partial charge on any atom is 0.228 e. The molecule has 1 heterocycles. The molecule has 0 fully saturated rings. The molecular weight excluding hydrogens is 218 g/mol. The quantitative estimate of drug-likeness (QED) is 0.825. The van der Waals surface area contributed by atoms with Crippen LogP contribution in [0.2, 0.25) is 0 Å². The third-order valence-electron chi connectivity index (χ3n) is 2.43. The summed E-state index contributed by atoms with van der Waals surface area (Å²) in [6.07, 6.45) is 0.617. The zero-order chi connectivity index (χ0) is 12.9. The summed E-state index contributed by atoms with van der Waals surface area (Å²) in [5, 5.41) is 7.07. The van der Waals surface area contributed by atoms with Gasteiger partial charge in [0.15, 0.2) is 0 Å². The van der Waals surface area contributed by atoms with Crippen molar-refractivity contribution in [3.63, 3.8) is 0 Å². The van der Waals surface area contributed by atoms with Crippen molar-refractivity contribution in [2.45, 2.75) is 40.2 Å². The normalized spacial score (nSPS) is 13.9. The van der Waals surface area contributed by atoms with E-state index in [-0.39, 0.29) is 11.5 Å². The monoisotopic (exact) mass is 241 g/mol. The Bertz CT molecular complexity index is 331. The van der Waals surface area contributed by atoms with E-state index in [4.69, 9.17) is 9.26 Å². The SMILES string of the molecule is CCOC(c1noc(CCNC)n1)C(C)(C)C. The van der Waals surface area contributed by atoms with Crippen molar-refractivity contribution in [2.75, 3.05) is 20.2 Å². The molecule has 1 aromatic heterocycles. The summed E-state index contributed by atoms with van der Waals surface area (Å²) in [5.41, 5.74) is -0.0415. The van der Waals surface area contributed by atoms with Gasteiger partial charge in [-0.25, -0.2) is 0 Å². The second kappa shape index (κ2) is 6.12. The predicted octanol–water partition coefficient (Wildman–Crippen LogP) is 1.96. The molecule has 0 aliphatic heterocycles. The number of likely N-dealkylation sites (N-methyl/N-ethyl adjacent to an activating group) is 1. The average molecular weight is 241 g/mol. The Morgan fingerprint density at radius 3 is 2.65 bits per heavy atom. The summed E-state index contributed by atoms with van der Waals surface area (Å²) < 4.78 is 10.9. The minimum Gasteiger partial charge on any atom is -0.370 e. The average Bonchev–Trinajstić information content (AvgIpc) is 2.69. The number of rotatable bonds is 6. The Kier molecular flexibility index (Phi) is 5.08. The summed E-state index contributed by atoms with van der Waals surface area (Å²) in [6.45, 7) is 9.77. The molecule has 5 heteroatoms. The van der Waals surface area contributed by atoms with Crippen LogP contribution in [0.1, 0.15) is 45.5 Å². The molecule has 1 atom stereocenters. The molecule has 17 heavy (non-hydrogen) atoms. The van der Waals surface area contributed by atoms with Crippen molar-refractivity contribution < 1.29 is 9.26 Å². The van der Waals surface area contributed by atoms with Crippen molar-refractivity contribution in [1.29, 1.82) is 0 Å². The molecular formula is C12H23N3O2. The molecule has 98 valence electrons. The highest BCUT2D eigenvalue weighted by Gasteiger charge is 2.31. The fraction of sp³-hybridized carbons (Fsp3) is 0.833. The van der Waals surface area contributed by atoms with Gasteiger partial charge in [-0.05, 0) is 19.4 Å². The van der Waals surface area contributed by atoms with E-state index in [9.17, 15) is 0 Å². The summed E-state index contributed by atoms with van der Waals surface area (Å²) in [4.78, 5) is 4.39.